The van der Waals surface area contributed by atoms with E-state index in [1.165, 1.54) is 6.08 Å². The van der Waals surface area contributed by atoms with Crippen LogP contribution < -0.4 is 10.6 Å². The normalized spacial score (nSPS) is 11.0. The lowest BCUT2D eigenvalue weighted by Gasteiger charge is -2.05. The maximum absolute atomic E-state index is 12.2. The largest absolute Gasteiger partial charge is 0.460 e. The van der Waals surface area contributed by atoms with Crippen LogP contribution in [-0.2, 0) is 17.8 Å². The SMILES string of the molecule is CCc1oc2ccccc2c1/C=C/C(=O)NCc1cccc(C(=O)NC)c1. The van der Waals surface area contributed by atoms with E-state index in [2.05, 4.69) is 10.6 Å². The average Bonchev–Trinajstić information content (AvgIpc) is 3.08. The first-order valence-corrected chi connectivity index (χ1v) is 8.89. The highest BCUT2D eigenvalue weighted by molar-refractivity contribution is 5.96. The summed E-state index contributed by atoms with van der Waals surface area (Å²) in [6.45, 7) is 2.37. The Bertz CT molecular complexity index is 1000. The first kappa shape index (κ1) is 18.5. The lowest BCUT2D eigenvalue weighted by Crippen LogP contribution is -2.21. The maximum Gasteiger partial charge on any atom is 0.251 e. The molecule has 5 heteroatoms. The zero-order valence-electron chi connectivity index (χ0n) is 15.4. The van der Waals surface area contributed by atoms with Crippen LogP contribution in [0.4, 0.5) is 0 Å². The van der Waals surface area contributed by atoms with Gasteiger partial charge in [-0.3, -0.25) is 9.59 Å². The first-order chi connectivity index (χ1) is 13.1. The second-order valence-corrected chi connectivity index (χ2v) is 6.12. The molecule has 0 saturated heterocycles. The van der Waals surface area contributed by atoms with Gasteiger partial charge in [0, 0.05) is 42.6 Å². The summed E-state index contributed by atoms with van der Waals surface area (Å²) in [6.07, 6.45) is 4.06. The number of hydrogen-bond acceptors (Lipinski definition) is 3. The van der Waals surface area contributed by atoms with Gasteiger partial charge in [0.2, 0.25) is 5.91 Å². The molecule has 2 aromatic carbocycles. The Morgan fingerprint density at radius 2 is 1.93 bits per heavy atom. The van der Waals surface area contributed by atoms with E-state index < -0.39 is 0 Å². The summed E-state index contributed by atoms with van der Waals surface area (Å²) in [5.74, 6) is 0.508. The molecule has 0 bridgehead atoms. The van der Waals surface area contributed by atoms with Gasteiger partial charge in [0.05, 0.1) is 0 Å². The van der Waals surface area contributed by atoms with Gasteiger partial charge < -0.3 is 15.1 Å². The number of para-hydroxylation sites is 1. The number of rotatable bonds is 6. The van der Waals surface area contributed by atoms with Crippen LogP contribution in [0.5, 0.6) is 0 Å². The maximum atomic E-state index is 12.2. The van der Waals surface area contributed by atoms with E-state index >= 15 is 0 Å². The van der Waals surface area contributed by atoms with Crippen LogP contribution in [0, 0.1) is 0 Å². The minimum atomic E-state index is -0.201. The van der Waals surface area contributed by atoms with Gasteiger partial charge in [0.25, 0.3) is 5.91 Å². The van der Waals surface area contributed by atoms with E-state index in [1.54, 1.807) is 31.3 Å². The van der Waals surface area contributed by atoms with Crippen molar-refractivity contribution in [3.63, 3.8) is 0 Å². The van der Waals surface area contributed by atoms with E-state index in [0.29, 0.717) is 12.1 Å². The van der Waals surface area contributed by atoms with Crippen molar-refractivity contribution in [2.24, 2.45) is 0 Å². The lowest BCUT2D eigenvalue weighted by atomic mass is 10.1. The number of fused-ring (bicyclic) bond motifs is 1. The van der Waals surface area contributed by atoms with Crippen molar-refractivity contribution in [2.75, 3.05) is 7.05 Å². The third-order valence-electron chi connectivity index (χ3n) is 4.32. The van der Waals surface area contributed by atoms with Gasteiger partial charge in [-0.05, 0) is 29.8 Å². The van der Waals surface area contributed by atoms with Crippen molar-refractivity contribution in [1.82, 2.24) is 10.6 Å². The molecule has 0 unspecified atom stereocenters. The van der Waals surface area contributed by atoms with E-state index in [-0.39, 0.29) is 11.8 Å². The van der Waals surface area contributed by atoms with Crippen LogP contribution >= 0.6 is 0 Å². The van der Waals surface area contributed by atoms with Gasteiger partial charge in [-0.2, -0.15) is 0 Å². The molecule has 0 aliphatic carbocycles. The molecule has 0 atom stereocenters. The topological polar surface area (TPSA) is 71.3 Å². The van der Waals surface area contributed by atoms with Crippen LogP contribution in [0.25, 0.3) is 17.0 Å². The average molecular weight is 362 g/mol. The highest BCUT2D eigenvalue weighted by Crippen LogP contribution is 2.27. The fourth-order valence-corrected chi connectivity index (χ4v) is 2.94. The van der Waals surface area contributed by atoms with E-state index in [0.717, 1.165) is 34.3 Å². The number of aryl methyl sites for hydroxylation is 1. The molecule has 0 fully saturated rings. The molecule has 1 aromatic heterocycles. The summed E-state index contributed by atoms with van der Waals surface area (Å²) in [5, 5.41) is 6.43. The Balaban J connectivity index is 1.69. The zero-order valence-corrected chi connectivity index (χ0v) is 15.4. The number of furan rings is 1. The molecule has 0 aliphatic heterocycles. The van der Waals surface area contributed by atoms with Crippen molar-refractivity contribution in [2.45, 2.75) is 19.9 Å². The molecule has 3 aromatic rings. The number of carbonyl (C=O) groups is 2. The summed E-state index contributed by atoms with van der Waals surface area (Å²) in [4.78, 5) is 23.9. The lowest BCUT2D eigenvalue weighted by molar-refractivity contribution is -0.116. The molecule has 27 heavy (non-hydrogen) atoms. The van der Waals surface area contributed by atoms with Crippen molar-refractivity contribution in [1.29, 1.82) is 0 Å². The molecular weight excluding hydrogens is 340 g/mol. The zero-order chi connectivity index (χ0) is 19.2. The third kappa shape index (κ3) is 4.26. The quantitative estimate of drug-likeness (QED) is 0.657. The Morgan fingerprint density at radius 3 is 2.70 bits per heavy atom. The van der Waals surface area contributed by atoms with Gasteiger partial charge in [0.15, 0.2) is 0 Å². The minimum absolute atomic E-state index is 0.151. The van der Waals surface area contributed by atoms with E-state index in [4.69, 9.17) is 4.42 Å². The molecule has 3 rings (SSSR count). The second-order valence-electron chi connectivity index (χ2n) is 6.12. The predicted octanol–water partition coefficient (Wildman–Crippen LogP) is 3.68. The van der Waals surface area contributed by atoms with Crippen LogP contribution in [0.3, 0.4) is 0 Å². The number of nitrogens with one attached hydrogen (secondary N) is 2. The fraction of sp³-hybridized carbons (Fsp3) is 0.182. The number of benzene rings is 2. The number of carbonyl (C=O) groups excluding carboxylic acids is 2. The highest BCUT2D eigenvalue weighted by Gasteiger charge is 2.10. The van der Waals surface area contributed by atoms with Crippen molar-refractivity contribution >= 4 is 28.9 Å². The first-order valence-electron chi connectivity index (χ1n) is 8.89. The molecule has 138 valence electrons. The van der Waals surface area contributed by atoms with Gasteiger partial charge in [0.1, 0.15) is 11.3 Å². The standard InChI is InChI=1S/C22H22N2O3/c1-3-19-18(17-9-4-5-10-20(17)27-19)11-12-21(25)24-14-15-7-6-8-16(13-15)22(26)23-2/h4-13H,3,14H2,1-2H3,(H,23,26)(H,24,25)/b12-11+. The molecule has 5 nitrogen and oxygen atoms in total. The molecule has 0 spiro atoms. The van der Waals surface area contributed by atoms with Crippen molar-refractivity contribution in [3.05, 3.63) is 77.1 Å². The van der Waals surface area contributed by atoms with Gasteiger partial charge in [-0.25, -0.2) is 0 Å². The van der Waals surface area contributed by atoms with Crippen LogP contribution in [0.2, 0.25) is 0 Å². The second kappa shape index (κ2) is 8.36. The summed E-state index contributed by atoms with van der Waals surface area (Å²) in [7, 11) is 1.59. The predicted molar refractivity (Wildman–Crippen MR) is 106 cm³/mol. The Morgan fingerprint density at radius 1 is 1.11 bits per heavy atom. The molecule has 2 amide bonds. The third-order valence-corrected chi connectivity index (χ3v) is 4.32. The minimum Gasteiger partial charge on any atom is -0.460 e. The summed E-state index contributed by atoms with van der Waals surface area (Å²) >= 11 is 0. The van der Waals surface area contributed by atoms with E-state index in [9.17, 15) is 9.59 Å². The number of amides is 2. The molecule has 0 radical (unpaired) electrons. The van der Waals surface area contributed by atoms with Gasteiger partial charge in [-0.15, -0.1) is 0 Å². The monoisotopic (exact) mass is 362 g/mol. The fourth-order valence-electron chi connectivity index (χ4n) is 2.94. The van der Waals surface area contributed by atoms with Crippen LogP contribution in [0.1, 0.15) is 34.2 Å². The molecule has 2 N–H and O–H groups in total. The molecule has 1 heterocycles. The molecule has 0 aliphatic rings. The molecule has 0 saturated carbocycles. The van der Waals surface area contributed by atoms with Crippen LogP contribution in [0.15, 0.2) is 59.0 Å². The molecular formula is C22H22N2O3. The van der Waals surface area contributed by atoms with E-state index in [1.807, 2.05) is 37.3 Å². The Labute approximate surface area is 158 Å². The number of hydrogen-bond donors (Lipinski definition) is 2. The van der Waals surface area contributed by atoms with Crippen molar-refractivity contribution in [3.8, 4) is 0 Å². The van der Waals surface area contributed by atoms with Gasteiger partial charge in [-0.1, -0.05) is 37.3 Å². The Hall–Kier alpha value is -3.34. The summed E-state index contributed by atoms with van der Waals surface area (Å²) in [5.41, 5.74) is 3.18. The highest BCUT2D eigenvalue weighted by atomic mass is 16.3. The van der Waals surface area contributed by atoms with Gasteiger partial charge >= 0.3 is 0 Å². The summed E-state index contributed by atoms with van der Waals surface area (Å²) in [6, 6.07) is 15.0. The summed E-state index contributed by atoms with van der Waals surface area (Å²) < 4.78 is 5.84. The van der Waals surface area contributed by atoms with Crippen LogP contribution in [-0.4, -0.2) is 18.9 Å². The van der Waals surface area contributed by atoms with Crippen molar-refractivity contribution < 1.29 is 14.0 Å². The smallest absolute Gasteiger partial charge is 0.251 e. The Kier molecular flexibility index (Phi) is 5.71.